The van der Waals surface area contributed by atoms with Crippen molar-refractivity contribution in [3.63, 3.8) is 0 Å². The third kappa shape index (κ3) is 6.58. The van der Waals surface area contributed by atoms with E-state index in [1.165, 1.54) is 4.90 Å². The van der Waals surface area contributed by atoms with Crippen LogP contribution in [0.2, 0.25) is 5.02 Å². The Balaban J connectivity index is 1.82. The number of ether oxygens (including phenoxy) is 1. The molecule has 2 aromatic carbocycles. The summed E-state index contributed by atoms with van der Waals surface area (Å²) in [6.07, 6.45) is 1.91. The summed E-state index contributed by atoms with van der Waals surface area (Å²) in [5, 5.41) is 12.3. The average molecular weight is 471 g/mol. The molecule has 0 spiro atoms. The maximum Gasteiger partial charge on any atom is 0.338 e. The van der Waals surface area contributed by atoms with Crippen molar-refractivity contribution < 1.29 is 24.2 Å². The van der Waals surface area contributed by atoms with Gasteiger partial charge in [-0.05, 0) is 43.0 Å². The molecule has 0 aliphatic carbocycles. The minimum absolute atomic E-state index is 0.0940. The number of carbonyl (C=O) groups is 3. The van der Waals surface area contributed by atoms with Gasteiger partial charge in [-0.25, -0.2) is 9.59 Å². The van der Waals surface area contributed by atoms with Gasteiger partial charge in [0.1, 0.15) is 6.61 Å². The second-order valence-electron chi connectivity index (χ2n) is 7.85. The van der Waals surface area contributed by atoms with Crippen molar-refractivity contribution in [3.8, 4) is 0 Å². The molecule has 33 heavy (non-hydrogen) atoms. The SMILES string of the molecule is CC1=C(C(=O)OCc2ccccc2)C(c2ccc(Cl)cc2)NC(=O)N1CCCCCC(=O)O. The molecule has 3 rings (SSSR count). The van der Waals surface area contributed by atoms with E-state index < -0.39 is 18.0 Å². The Morgan fingerprint density at radius 3 is 2.42 bits per heavy atom. The highest BCUT2D eigenvalue weighted by Crippen LogP contribution is 2.32. The smallest absolute Gasteiger partial charge is 0.338 e. The average Bonchev–Trinajstić information content (AvgIpc) is 2.80. The van der Waals surface area contributed by atoms with E-state index in [4.69, 9.17) is 21.4 Å². The van der Waals surface area contributed by atoms with Crippen LogP contribution in [0.15, 0.2) is 65.9 Å². The number of nitrogens with one attached hydrogen (secondary N) is 1. The molecule has 174 valence electrons. The van der Waals surface area contributed by atoms with Gasteiger partial charge in [-0.1, -0.05) is 60.5 Å². The lowest BCUT2D eigenvalue weighted by atomic mass is 9.94. The molecule has 0 saturated carbocycles. The van der Waals surface area contributed by atoms with Gasteiger partial charge >= 0.3 is 18.0 Å². The molecular formula is C25H27ClN2O5. The Morgan fingerprint density at radius 1 is 1.06 bits per heavy atom. The number of carbonyl (C=O) groups excluding carboxylic acids is 2. The predicted molar refractivity (Wildman–Crippen MR) is 124 cm³/mol. The molecule has 2 N–H and O–H groups in total. The largest absolute Gasteiger partial charge is 0.481 e. The Hall–Kier alpha value is -3.32. The van der Waals surface area contributed by atoms with Crippen LogP contribution in [0.5, 0.6) is 0 Å². The van der Waals surface area contributed by atoms with Gasteiger partial charge in [0.15, 0.2) is 0 Å². The van der Waals surface area contributed by atoms with Crippen molar-refractivity contribution in [2.75, 3.05) is 6.54 Å². The number of hydrogen-bond donors (Lipinski definition) is 2. The Bertz CT molecular complexity index is 1020. The second-order valence-corrected chi connectivity index (χ2v) is 8.29. The van der Waals surface area contributed by atoms with Crippen molar-refractivity contribution in [2.24, 2.45) is 0 Å². The van der Waals surface area contributed by atoms with Gasteiger partial charge < -0.3 is 15.2 Å². The van der Waals surface area contributed by atoms with Crippen LogP contribution in [0.25, 0.3) is 0 Å². The molecule has 0 fully saturated rings. The molecule has 1 unspecified atom stereocenters. The first-order valence-corrected chi connectivity index (χ1v) is 11.2. The monoisotopic (exact) mass is 470 g/mol. The normalized spacial score (nSPS) is 15.9. The highest BCUT2D eigenvalue weighted by molar-refractivity contribution is 6.30. The highest BCUT2D eigenvalue weighted by Gasteiger charge is 2.36. The van der Waals surface area contributed by atoms with E-state index in [0.717, 1.165) is 11.1 Å². The van der Waals surface area contributed by atoms with Crippen molar-refractivity contribution in [1.29, 1.82) is 0 Å². The number of halogens is 1. The topological polar surface area (TPSA) is 95.9 Å². The third-order valence-electron chi connectivity index (χ3n) is 5.50. The summed E-state index contributed by atoms with van der Waals surface area (Å²) < 4.78 is 5.60. The van der Waals surface area contributed by atoms with Crippen LogP contribution in [0.3, 0.4) is 0 Å². The number of allylic oxidation sites excluding steroid dienone is 1. The van der Waals surface area contributed by atoms with Crippen LogP contribution in [-0.4, -0.2) is 34.5 Å². The molecule has 2 aromatic rings. The fourth-order valence-electron chi connectivity index (χ4n) is 3.74. The van der Waals surface area contributed by atoms with E-state index in [1.807, 2.05) is 30.3 Å². The predicted octanol–water partition coefficient (Wildman–Crippen LogP) is 5.07. The van der Waals surface area contributed by atoms with Crippen LogP contribution >= 0.6 is 11.6 Å². The number of hydrogen-bond acceptors (Lipinski definition) is 4. The molecule has 0 bridgehead atoms. The zero-order valence-electron chi connectivity index (χ0n) is 18.4. The summed E-state index contributed by atoms with van der Waals surface area (Å²) in [7, 11) is 0. The zero-order valence-corrected chi connectivity index (χ0v) is 19.2. The Kier molecular flexibility index (Phi) is 8.49. The summed E-state index contributed by atoms with van der Waals surface area (Å²) in [5.74, 6) is -1.34. The number of urea groups is 1. The molecule has 8 heteroatoms. The maximum absolute atomic E-state index is 13.2. The quantitative estimate of drug-likeness (QED) is 0.373. The number of carboxylic acid groups (broad SMARTS) is 1. The lowest BCUT2D eigenvalue weighted by Crippen LogP contribution is -2.48. The molecule has 7 nitrogen and oxygen atoms in total. The van der Waals surface area contributed by atoms with Crippen molar-refractivity contribution in [1.82, 2.24) is 10.2 Å². The maximum atomic E-state index is 13.2. The number of aliphatic carboxylic acids is 1. The van der Waals surface area contributed by atoms with Crippen molar-refractivity contribution in [2.45, 2.75) is 45.3 Å². The van der Waals surface area contributed by atoms with Crippen LogP contribution < -0.4 is 5.32 Å². The van der Waals surface area contributed by atoms with Gasteiger partial charge in [0, 0.05) is 23.7 Å². The van der Waals surface area contributed by atoms with Crippen LogP contribution in [0, 0.1) is 0 Å². The zero-order chi connectivity index (χ0) is 23.8. The molecule has 0 saturated heterocycles. The molecule has 2 amide bonds. The van der Waals surface area contributed by atoms with E-state index >= 15 is 0 Å². The lowest BCUT2D eigenvalue weighted by molar-refractivity contribution is -0.141. The first-order chi connectivity index (χ1) is 15.9. The molecule has 1 heterocycles. The summed E-state index contributed by atoms with van der Waals surface area (Å²) >= 11 is 6.01. The molecular weight excluding hydrogens is 444 g/mol. The van der Waals surface area contributed by atoms with Crippen LogP contribution in [0.4, 0.5) is 4.79 Å². The number of rotatable bonds is 10. The minimum Gasteiger partial charge on any atom is -0.481 e. The number of benzene rings is 2. The number of esters is 1. The summed E-state index contributed by atoms with van der Waals surface area (Å²) in [4.78, 5) is 38.3. The minimum atomic E-state index is -0.837. The fourth-order valence-corrected chi connectivity index (χ4v) is 3.87. The first kappa shape index (κ1) is 24.3. The van der Waals surface area contributed by atoms with Crippen molar-refractivity contribution in [3.05, 3.63) is 82.0 Å². The van der Waals surface area contributed by atoms with Gasteiger partial charge in [-0.3, -0.25) is 9.69 Å². The number of amides is 2. The summed E-state index contributed by atoms with van der Waals surface area (Å²) in [6.45, 7) is 2.23. The van der Waals surface area contributed by atoms with E-state index in [1.54, 1.807) is 31.2 Å². The number of unbranched alkanes of at least 4 members (excludes halogenated alkanes) is 2. The third-order valence-corrected chi connectivity index (χ3v) is 5.76. The van der Waals surface area contributed by atoms with E-state index in [-0.39, 0.29) is 19.1 Å². The molecule has 1 aliphatic rings. The fraction of sp³-hybridized carbons (Fsp3) is 0.320. The highest BCUT2D eigenvalue weighted by atomic mass is 35.5. The van der Waals surface area contributed by atoms with Gasteiger partial charge in [-0.2, -0.15) is 0 Å². The second kappa shape index (κ2) is 11.5. The molecule has 1 aliphatic heterocycles. The van der Waals surface area contributed by atoms with Crippen molar-refractivity contribution >= 4 is 29.6 Å². The van der Waals surface area contributed by atoms with Gasteiger partial charge in [0.05, 0.1) is 11.6 Å². The van der Waals surface area contributed by atoms with Gasteiger partial charge in [0.25, 0.3) is 0 Å². The molecule has 0 radical (unpaired) electrons. The van der Waals surface area contributed by atoms with E-state index in [9.17, 15) is 14.4 Å². The number of nitrogens with zero attached hydrogens (tertiary/aromatic N) is 1. The lowest BCUT2D eigenvalue weighted by Gasteiger charge is -2.35. The molecule has 0 aromatic heterocycles. The summed E-state index contributed by atoms with van der Waals surface area (Å²) in [5.41, 5.74) is 2.47. The standard InChI is InChI=1S/C25H27ClN2O5/c1-17-22(24(31)33-16-18-8-4-2-5-9-18)23(19-11-13-20(26)14-12-19)27-25(32)28(17)15-7-3-6-10-21(29)30/h2,4-5,8-9,11-14,23H,3,6-7,10,15-16H2,1H3,(H,27,32)(H,29,30). The first-order valence-electron chi connectivity index (χ1n) is 10.8. The van der Waals surface area contributed by atoms with Crippen LogP contribution in [-0.2, 0) is 20.9 Å². The van der Waals surface area contributed by atoms with Gasteiger partial charge in [-0.15, -0.1) is 0 Å². The van der Waals surface area contributed by atoms with Gasteiger partial charge in [0.2, 0.25) is 0 Å². The van der Waals surface area contributed by atoms with E-state index in [0.29, 0.717) is 42.1 Å². The molecule has 1 atom stereocenters. The Morgan fingerprint density at radius 2 is 1.76 bits per heavy atom. The van der Waals surface area contributed by atoms with Crippen LogP contribution in [0.1, 0.15) is 49.8 Å². The Labute approximate surface area is 198 Å². The van der Waals surface area contributed by atoms with E-state index in [2.05, 4.69) is 5.32 Å². The summed E-state index contributed by atoms with van der Waals surface area (Å²) in [6, 6.07) is 15.4. The number of carboxylic acids is 1.